The summed E-state index contributed by atoms with van der Waals surface area (Å²) >= 11 is 0. The average molecular weight is 456 g/mol. The van der Waals surface area contributed by atoms with Crippen LogP contribution >= 0.6 is 12.4 Å². The van der Waals surface area contributed by atoms with Crippen molar-refractivity contribution in [3.05, 3.63) is 58.8 Å². The van der Waals surface area contributed by atoms with Crippen LogP contribution < -0.4 is 14.4 Å². The first-order chi connectivity index (χ1) is 14.9. The molecule has 0 spiro atoms. The number of methoxy groups -OCH3 is 2. The van der Waals surface area contributed by atoms with Crippen LogP contribution in [0, 0.1) is 13.8 Å². The molecule has 3 aromatic rings. The second-order valence-electron chi connectivity index (χ2n) is 8.16. The first-order valence-electron chi connectivity index (χ1n) is 10.5. The molecule has 2 heterocycles. The molecule has 1 aliphatic rings. The van der Waals surface area contributed by atoms with Crippen molar-refractivity contribution >= 4 is 34.8 Å². The molecule has 4 rings (SSSR count). The molecule has 0 radical (unpaired) electrons. The number of halogens is 1. The molecule has 0 unspecified atom stereocenters. The third-order valence-corrected chi connectivity index (χ3v) is 6.18. The number of benzene rings is 2. The van der Waals surface area contributed by atoms with E-state index < -0.39 is 0 Å². The van der Waals surface area contributed by atoms with Crippen LogP contribution in [-0.4, -0.2) is 63.1 Å². The van der Waals surface area contributed by atoms with Crippen molar-refractivity contribution in [2.45, 2.75) is 13.8 Å². The van der Waals surface area contributed by atoms with Crippen LogP contribution in [0.15, 0.2) is 36.5 Å². The molecule has 170 valence electrons. The minimum absolute atomic E-state index is 0. The number of aromatic nitrogens is 1. The van der Waals surface area contributed by atoms with E-state index in [0.717, 1.165) is 48.3 Å². The number of pyridine rings is 1. The molecule has 0 N–H and O–H groups in total. The van der Waals surface area contributed by atoms with E-state index in [1.165, 1.54) is 5.56 Å². The van der Waals surface area contributed by atoms with Crippen LogP contribution in [0.5, 0.6) is 11.5 Å². The van der Waals surface area contributed by atoms with Gasteiger partial charge in [-0.1, -0.05) is 12.1 Å². The zero-order chi connectivity index (χ0) is 22.1. The van der Waals surface area contributed by atoms with E-state index in [1.807, 2.05) is 37.3 Å². The second kappa shape index (κ2) is 9.76. The van der Waals surface area contributed by atoms with Crippen LogP contribution in [-0.2, 0) is 0 Å². The Kier molecular flexibility index (Phi) is 7.26. The number of aryl methyl sites for hydroxylation is 2. The molecule has 6 nitrogen and oxygen atoms in total. The van der Waals surface area contributed by atoms with E-state index in [9.17, 15) is 4.79 Å². The van der Waals surface area contributed by atoms with Crippen LogP contribution in [0.3, 0.4) is 0 Å². The Morgan fingerprint density at radius 1 is 0.938 bits per heavy atom. The number of carbonyl (C=O) groups excluding carboxylic acids is 1. The lowest BCUT2D eigenvalue weighted by atomic mass is 9.97. The summed E-state index contributed by atoms with van der Waals surface area (Å²) in [5.74, 6) is 1.24. The number of hydrogen-bond acceptors (Lipinski definition) is 6. The average Bonchev–Trinajstić information content (AvgIpc) is 2.79. The Balaban J connectivity index is 0.00000289. The Morgan fingerprint density at radius 2 is 1.59 bits per heavy atom. The molecule has 1 aromatic heterocycles. The molecule has 0 atom stereocenters. The van der Waals surface area contributed by atoms with Crippen LogP contribution in [0.1, 0.15) is 27.0 Å². The summed E-state index contributed by atoms with van der Waals surface area (Å²) in [6, 6.07) is 9.67. The van der Waals surface area contributed by atoms with Gasteiger partial charge in [0.2, 0.25) is 0 Å². The summed E-state index contributed by atoms with van der Waals surface area (Å²) in [6.45, 7) is 7.65. The van der Waals surface area contributed by atoms with Gasteiger partial charge in [-0.25, -0.2) is 0 Å². The van der Waals surface area contributed by atoms with Crippen molar-refractivity contribution in [3.63, 3.8) is 0 Å². The lowest BCUT2D eigenvalue weighted by Gasteiger charge is -2.35. The number of nitrogens with zero attached hydrogens (tertiary/aromatic N) is 3. The first kappa shape index (κ1) is 23.8. The van der Waals surface area contributed by atoms with E-state index in [-0.39, 0.29) is 18.2 Å². The van der Waals surface area contributed by atoms with Crippen molar-refractivity contribution in [2.75, 3.05) is 52.3 Å². The maximum absolute atomic E-state index is 13.6. The van der Waals surface area contributed by atoms with Gasteiger partial charge >= 0.3 is 0 Å². The normalized spacial score (nSPS) is 14.2. The van der Waals surface area contributed by atoms with Gasteiger partial charge in [0.25, 0.3) is 0 Å². The molecule has 0 amide bonds. The number of hydrogen-bond donors (Lipinski definition) is 0. The number of carbonyl (C=O) groups is 1. The Labute approximate surface area is 195 Å². The van der Waals surface area contributed by atoms with Crippen LogP contribution in [0.4, 0.5) is 5.69 Å². The van der Waals surface area contributed by atoms with Gasteiger partial charge in [0.1, 0.15) is 0 Å². The van der Waals surface area contributed by atoms with Gasteiger partial charge in [0.05, 0.1) is 31.0 Å². The van der Waals surface area contributed by atoms with E-state index >= 15 is 0 Å². The Morgan fingerprint density at radius 3 is 2.22 bits per heavy atom. The first-order valence-corrected chi connectivity index (χ1v) is 10.5. The highest BCUT2D eigenvalue weighted by Crippen LogP contribution is 2.38. The van der Waals surface area contributed by atoms with Gasteiger partial charge in [-0.05, 0) is 44.2 Å². The summed E-state index contributed by atoms with van der Waals surface area (Å²) in [7, 11) is 5.36. The van der Waals surface area contributed by atoms with Crippen molar-refractivity contribution in [3.8, 4) is 11.5 Å². The highest BCUT2D eigenvalue weighted by atomic mass is 35.5. The fraction of sp³-hybridized carbons (Fsp3) is 0.360. The van der Waals surface area contributed by atoms with Gasteiger partial charge in [0, 0.05) is 49.4 Å². The SMILES string of the molecule is COc1cc2ncc(C(=O)c3ccc(C)c(C)c3)c(N3CCN(C)CC3)c2cc1OC.Cl. The Hall–Kier alpha value is -2.83. The van der Waals surface area contributed by atoms with E-state index in [0.29, 0.717) is 22.6 Å². The number of ether oxygens (including phenoxy) is 2. The van der Waals surface area contributed by atoms with Crippen molar-refractivity contribution in [2.24, 2.45) is 0 Å². The molecule has 7 heteroatoms. The fourth-order valence-electron chi connectivity index (χ4n) is 4.08. The van der Waals surface area contributed by atoms with Gasteiger partial charge in [-0.15, -0.1) is 12.4 Å². The van der Waals surface area contributed by atoms with Gasteiger partial charge in [-0.2, -0.15) is 0 Å². The highest BCUT2D eigenvalue weighted by molar-refractivity contribution is 6.16. The number of rotatable bonds is 5. The molecule has 1 fully saturated rings. The summed E-state index contributed by atoms with van der Waals surface area (Å²) in [6.07, 6.45) is 1.71. The van der Waals surface area contributed by atoms with Crippen molar-refractivity contribution in [1.82, 2.24) is 9.88 Å². The maximum atomic E-state index is 13.6. The maximum Gasteiger partial charge on any atom is 0.196 e. The minimum Gasteiger partial charge on any atom is -0.493 e. The minimum atomic E-state index is -0.0128. The second-order valence-corrected chi connectivity index (χ2v) is 8.16. The van der Waals surface area contributed by atoms with Gasteiger partial charge < -0.3 is 19.3 Å². The fourth-order valence-corrected chi connectivity index (χ4v) is 4.08. The molecular formula is C25H30ClN3O3. The lowest BCUT2D eigenvalue weighted by Crippen LogP contribution is -2.45. The largest absolute Gasteiger partial charge is 0.493 e. The third-order valence-electron chi connectivity index (χ3n) is 6.18. The number of ketones is 1. The summed E-state index contributed by atoms with van der Waals surface area (Å²) < 4.78 is 11.0. The monoisotopic (exact) mass is 455 g/mol. The molecule has 1 aliphatic heterocycles. The quantitative estimate of drug-likeness (QED) is 0.535. The number of fused-ring (bicyclic) bond motifs is 1. The molecule has 2 aromatic carbocycles. The summed E-state index contributed by atoms with van der Waals surface area (Å²) in [5, 5.41) is 0.900. The van der Waals surface area contributed by atoms with Gasteiger partial charge in [-0.3, -0.25) is 9.78 Å². The molecule has 1 saturated heterocycles. The predicted octanol–water partition coefficient (Wildman–Crippen LogP) is 4.27. The number of piperazine rings is 1. The summed E-state index contributed by atoms with van der Waals surface area (Å²) in [5.41, 5.74) is 5.27. The smallest absolute Gasteiger partial charge is 0.196 e. The van der Waals surface area contributed by atoms with E-state index in [2.05, 4.69) is 28.8 Å². The zero-order valence-corrected chi connectivity index (χ0v) is 20.1. The van der Waals surface area contributed by atoms with E-state index in [1.54, 1.807) is 20.4 Å². The summed E-state index contributed by atoms with van der Waals surface area (Å²) in [4.78, 5) is 22.9. The standard InChI is InChI=1S/C25H29N3O3.ClH/c1-16-6-7-18(12-17(16)2)25(29)20-15-26-21-14-23(31-5)22(30-4)13-19(21)24(20)28-10-8-27(3)9-11-28;/h6-7,12-15H,8-11H2,1-5H3;1H. The van der Waals surface area contributed by atoms with Gasteiger partial charge in [0.15, 0.2) is 17.3 Å². The third kappa shape index (κ3) is 4.38. The van der Waals surface area contributed by atoms with Crippen molar-refractivity contribution in [1.29, 1.82) is 0 Å². The molecule has 0 bridgehead atoms. The molecule has 0 saturated carbocycles. The van der Waals surface area contributed by atoms with Crippen molar-refractivity contribution < 1.29 is 14.3 Å². The molecule has 0 aliphatic carbocycles. The van der Waals surface area contributed by atoms with E-state index in [4.69, 9.17) is 9.47 Å². The van der Waals surface area contributed by atoms with Crippen LogP contribution in [0.25, 0.3) is 10.9 Å². The topological polar surface area (TPSA) is 54.9 Å². The predicted molar refractivity (Wildman–Crippen MR) is 131 cm³/mol. The highest BCUT2D eigenvalue weighted by Gasteiger charge is 2.25. The van der Waals surface area contributed by atoms with Crippen LogP contribution in [0.2, 0.25) is 0 Å². The Bertz CT molecular complexity index is 1140. The molecular weight excluding hydrogens is 426 g/mol. The number of likely N-dealkylation sites (N-methyl/N-ethyl adjacent to an activating group) is 1. The number of anilines is 1. The lowest BCUT2D eigenvalue weighted by molar-refractivity contribution is 0.103. The zero-order valence-electron chi connectivity index (χ0n) is 19.3. The molecule has 32 heavy (non-hydrogen) atoms.